The van der Waals surface area contributed by atoms with Gasteiger partial charge >= 0.3 is 0 Å². The molecule has 0 bridgehead atoms. The minimum atomic E-state index is -1.10. The Hall–Kier alpha value is -2.20. The second kappa shape index (κ2) is 6.13. The van der Waals surface area contributed by atoms with Crippen molar-refractivity contribution < 1.29 is 9.53 Å². The van der Waals surface area contributed by atoms with Crippen LogP contribution in [0.2, 0.25) is 0 Å². The molecule has 0 fully saturated rings. The van der Waals surface area contributed by atoms with Crippen molar-refractivity contribution in [3.63, 3.8) is 0 Å². The first-order valence-electron chi connectivity index (χ1n) is 7.31. The number of hydrogen-bond acceptors (Lipinski definition) is 2. The first kappa shape index (κ1) is 15.7. The number of nitrogens with zero attached hydrogens (tertiary/aromatic N) is 1. The lowest BCUT2D eigenvalue weighted by atomic mass is 9.83. The average molecular weight is 370 g/mol. The standard InChI is InChI=1S/C19H16BrNO2/c1-3-15(14-11-7-8-12-16(14)20)19(2)18(22)21-17(23-19)13-9-5-4-6-10-13/h3-12,15H,1H2,2H3/t15-,19+/m0/s1. The number of halogens is 1. The average Bonchev–Trinajstić information content (AvgIpc) is 2.87. The molecule has 2 atom stereocenters. The summed E-state index contributed by atoms with van der Waals surface area (Å²) in [6.07, 6.45) is 1.74. The summed E-state index contributed by atoms with van der Waals surface area (Å²) < 4.78 is 6.93. The van der Waals surface area contributed by atoms with E-state index in [0.717, 1.165) is 15.6 Å². The van der Waals surface area contributed by atoms with Gasteiger partial charge in [0.15, 0.2) is 5.60 Å². The van der Waals surface area contributed by atoms with E-state index < -0.39 is 5.60 Å². The lowest BCUT2D eigenvalue weighted by Crippen LogP contribution is -2.40. The molecule has 3 rings (SSSR count). The van der Waals surface area contributed by atoms with E-state index in [1.54, 1.807) is 13.0 Å². The molecular weight excluding hydrogens is 354 g/mol. The molecule has 116 valence electrons. The molecule has 0 unspecified atom stereocenters. The molecule has 0 aromatic heterocycles. The Balaban J connectivity index is 1.98. The summed E-state index contributed by atoms with van der Waals surface area (Å²) in [6.45, 7) is 5.66. The third kappa shape index (κ3) is 2.75. The van der Waals surface area contributed by atoms with Crippen molar-refractivity contribution in [3.8, 4) is 0 Å². The number of amides is 1. The Morgan fingerprint density at radius 1 is 1.17 bits per heavy atom. The van der Waals surface area contributed by atoms with Gasteiger partial charge in [-0.15, -0.1) is 6.58 Å². The van der Waals surface area contributed by atoms with Gasteiger partial charge in [-0.25, -0.2) is 0 Å². The minimum absolute atomic E-state index is 0.294. The van der Waals surface area contributed by atoms with Gasteiger partial charge in [0.1, 0.15) is 0 Å². The van der Waals surface area contributed by atoms with Gasteiger partial charge < -0.3 is 4.74 Å². The van der Waals surface area contributed by atoms with Crippen molar-refractivity contribution in [3.05, 3.63) is 82.9 Å². The number of rotatable bonds is 4. The smallest absolute Gasteiger partial charge is 0.293 e. The maximum absolute atomic E-state index is 12.6. The second-order valence-electron chi connectivity index (χ2n) is 5.53. The normalized spacial score (nSPS) is 21.5. The van der Waals surface area contributed by atoms with Crippen LogP contribution in [-0.2, 0) is 9.53 Å². The fourth-order valence-corrected chi connectivity index (χ4v) is 3.28. The highest BCUT2D eigenvalue weighted by Gasteiger charge is 2.48. The van der Waals surface area contributed by atoms with E-state index >= 15 is 0 Å². The molecule has 3 nitrogen and oxygen atoms in total. The zero-order valence-electron chi connectivity index (χ0n) is 12.7. The first-order valence-corrected chi connectivity index (χ1v) is 8.10. The van der Waals surface area contributed by atoms with E-state index in [1.165, 1.54) is 0 Å². The van der Waals surface area contributed by atoms with E-state index in [0.29, 0.717) is 5.90 Å². The van der Waals surface area contributed by atoms with E-state index in [-0.39, 0.29) is 11.8 Å². The van der Waals surface area contributed by atoms with Gasteiger partial charge in [-0.2, -0.15) is 4.99 Å². The van der Waals surface area contributed by atoms with Crippen molar-refractivity contribution in [2.75, 3.05) is 0 Å². The molecule has 2 aromatic carbocycles. The summed E-state index contributed by atoms with van der Waals surface area (Å²) in [5.74, 6) is -0.246. The monoisotopic (exact) mass is 369 g/mol. The van der Waals surface area contributed by atoms with E-state index in [4.69, 9.17) is 4.74 Å². The number of hydrogen-bond donors (Lipinski definition) is 0. The summed E-state index contributed by atoms with van der Waals surface area (Å²) in [5, 5.41) is 0. The van der Waals surface area contributed by atoms with Crippen molar-refractivity contribution in [2.45, 2.75) is 18.4 Å². The number of carbonyl (C=O) groups is 1. The molecule has 0 saturated heterocycles. The van der Waals surface area contributed by atoms with Gasteiger partial charge in [-0.3, -0.25) is 4.79 Å². The van der Waals surface area contributed by atoms with Crippen molar-refractivity contribution >= 4 is 27.7 Å². The molecule has 0 aliphatic carbocycles. The number of ether oxygens (including phenoxy) is 1. The maximum atomic E-state index is 12.6. The van der Waals surface area contributed by atoms with E-state index in [1.807, 2.05) is 54.6 Å². The Kier molecular flexibility index (Phi) is 4.18. The molecule has 1 aliphatic heterocycles. The van der Waals surface area contributed by atoms with Crippen molar-refractivity contribution in [1.29, 1.82) is 0 Å². The Bertz CT molecular complexity index is 785. The summed E-state index contributed by atoms with van der Waals surface area (Å²) in [4.78, 5) is 16.7. The van der Waals surface area contributed by atoms with Gasteiger partial charge in [0, 0.05) is 10.0 Å². The zero-order chi connectivity index (χ0) is 16.4. The molecule has 2 aromatic rings. The second-order valence-corrected chi connectivity index (χ2v) is 6.39. The molecule has 0 saturated carbocycles. The van der Waals surface area contributed by atoms with Crippen LogP contribution < -0.4 is 0 Å². The molecule has 4 heteroatoms. The van der Waals surface area contributed by atoms with Gasteiger partial charge in [0.2, 0.25) is 5.90 Å². The fourth-order valence-electron chi connectivity index (χ4n) is 2.75. The van der Waals surface area contributed by atoms with Crippen LogP contribution in [0.25, 0.3) is 0 Å². The highest BCUT2D eigenvalue weighted by molar-refractivity contribution is 9.10. The van der Waals surface area contributed by atoms with Crippen LogP contribution >= 0.6 is 15.9 Å². The van der Waals surface area contributed by atoms with Crippen LogP contribution in [-0.4, -0.2) is 17.4 Å². The van der Waals surface area contributed by atoms with Gasteiger partial charge in [0.25, 0.3) is 5.91 Å². The van der Waals surface area contributed by atoms with E-state index in [2.05, 4.69) is 27.5 Å². The van der Waals surface area contributed by atoms with Crippen LogP contribution in [0.15, 0.2) is 76.7 Å². The summed E-state index contributed by atoms with van der Waals surface area (Å²) in [6, 6.07) is 17.2. The van der Waals surface area contributed by atoms with Crippen LogP contribution in [0.3, 0.4) is 0 Å². The molecule has 1 aliphatic rings. The summed E-state index contributed by atoms with van der Waals surface area (Å²) in [7, 11) is 0. The maximum Gasteiger partial charge on any atom is 0.293 e. The van der Waals surface area contributed by atoms with Crippen LogP contribution in [0.1, 0.15) is 24.0 Å². The molecule has 23 heavy (non-hydrogen) atoms. The molecular formula is C19H16BrNO2. The molecule has 1 heterocycles. The molecule has 0 radical (unpaired) electrons. The number of benzene rings is 2. The van der Waals surface area contributed by atoms with Crippen molar-refractivity contribution in [1.82, 2.24) is 0 Å². The third-order valence-corrected chi connectivity index (χ3v) is 4.75. The summed E-state index contributed by atoms with van der Waals surface area (Å²) >= 11 is 3.54. The predicted molar refractivity (Wildman–Crippen MR) is 94.6 cm³/mol. The highest BCUT2D eigenvalue weighted by Crippen LogP contribution is 2.40. The largest absolute Gasteiger partial charge is 0.460 e. The Morgan fingerprint density at radius 3 is 2.48 bits per heavy atom. The topological polar surface area (TPSA) is 38.7 Å². The lowest BCUT2D eigenvalue weighted by Gasteiger charge is -2.30. The summed E-state index contributed by atoms with van der Waals surface area (Å²) in [5.41, 5.74) is 0.638. The fraction of sp³-hybridized carbons (Fsp3) is 0.158. The van der Waals surface area contributed by atoms with Crippen molar-refractivity contribution in [2.24, 2.45) is 4.99 Å². The molecule has 0 spiro atoms. The highest BCUT2D eigenvalue weighted by atomic mass is 79.9. The third-order valence-electron chi connectivity index (χ3n) is 4.03. The molecule has 1 amide bonds. The van der Waals surface area contributed by atoms with Crippen LogP contribution in [0, 0.1) is 0 Å². The zero-order valence-corrected chi connectivity index (χ0v) is 14.3. The van der Waals surface area contributed by atoms with Crippen LogP contribution in [0.4, 0.5) is 0 Å². The van der Waals surface area contributed by atoms with Crippen LogP contribution in [0.5, 0.6) is 0 Å². The van der Waals surface area contributed by atoms with E-state index in [9.17, 15) is 4.79 Å². The van der Waals surface area contributed by atoms with Gasteiger partial charge in [-0.1, -0.05) is 58.4 Å². The SMILES string of the molecule is C=C[C@@H](c1ccccc1Br)[C@@]1(C)OC(c2ccccc2)=NC1=O. The minimum Gasteiger partial charge on any atom is -0.460 e. The quantitative estimate of drug-likeness (QED) is 0.745. The lowest BCUT2D eigenvalue weighted by molar-refractivity contribution is -0.130. The van der Waals surface area contributed by atoms with Gasteiger partial charge in [0.05, 0.1) is 5.92 Å². The van der Waals surface area contributed by atoms with Gasteiger partial charge in [-0.05, 0) is 30.7 Å². The Labute approximate surface area is 143 Å². The number of aliphatic imine (C=N–C) groups is 1. The first-order chi connectivity index (χ1) is 11.1. The predicted octanol–water partition coefficient (Wildman–Crippen LogP) is 4.48. The Morgan fingerprint density at radius 2 is 1.83 bits per heavy atom. The molecule has 0 N–H and O–H groups in total. The number of carbonyl (C=O) groups excluding carboxylic acids is 1.